The maximum atomic E-state index is 11.4. The molecule has 1 aromatic carbocycles. The van der Waals surface area contributed by atoms with Gasteiger partial charge in [-0.2, -0.15) is 0 Å². The highest BCUT2D eigenvalue weighted by Gasteiger charge is 2.26. The molecule has 0 bridgehead atoms. The average Bonchev–Trinajstić information content (AvgIpc) is 2.60. The minimum Gasteiger partial charge on any atom is -0.363 e. The lowest BCUT2D eigenvalue weighted by atomic mass is 9.96. The van der Waals surface area contributed by atoms with E-state index in [2.05, 4.69) is 0 Å². The number of allylic oxidation sites excluding steroid dienone is 1. The maximum absolute atomic E-state index is 11.4. The molecule has 0 spiro atoms. The van der Waals surface area contributed by atoms with Crippen LogP contribution in [-0.4, -0.2) is 11.7 Å². The summed E-state index contributed by atoms with van der Waals surface area (Å²) in [6, 6.07) is 7.47. The number of nitrogens with two attached hydrogens (primary N) is 1. The largest absolute Gasteiger partial charge is 0.363 e. The third-order valence-electron chi connectivity index (χ3n) is 2.32. The molecule has 0 aromatic heterocycles. The fraction of sp³-hybridized carbons (Fsp3) is 0.0909. The van der Waals surface area contributed by atoms with Gasteiger partial charge in [-0.05, 0) is 11.1 Å². The molecule has 1 aliphatic carbocycles. The van der Waals surface area contributed by atoms with E-state index in [1.807, 2.05) is 30.3 Å². The average molecular weight is 187 g/mol. The topological polar surface area (TPSA) is 60.2 Å². The Hall–Kier alpha value is -1.90. The highest BCUT2D eigenvalue weighted by atomic mass is 16.2. The normalized spacial score (nSPS) is 17.9. The Morgan fingerprint density at radius 3 is 2.64 bits per heavy atom. The smallest absolute Gasteiger partial charge is 0.285 e. The van der Waals surface area contributed by atoms with E-state index in [0.29, 0.717) is 0 Å². The summed E-state index contributed by atoms with van der Waals surface area (Å²) in [6.07, 6.45) is 3.54. The molecule has 1 unspecified atom stereocenters. The SMILES string of the molecule is NC(=O)C(=O)C1C=Cc2ccccc21. The van der Waals surface area contributed by atoms with Gasteiger partial charge in [0.05, 0.1) is 5.92 Å². The summed E-state index contributed by atoms with van der Waals surface area (Å²) in [7, 11) is 0. The molecule has 14 heavy (non-hydrogen) atoms. The predicted octanol–water partition coefficient (Wildman–Crippen LogP) is 0.851. The molecule has 3 nitrogen and oxygen atoms in total. The zero-order valence-electron chi connectivity index (χ0n) is 7.44. The molecule has 1 atom stereocenters. The first-order chi connectivity index (χ1) is 6.70. The van der Waals surface area contributed by atoms with Gasteiger partial charge in [-0.3, -0.25) is 9.59 Å². The van der Waals surface area contributed by atoms with E-state index in [4.69, 9.17) is 5.73 Å². The van der Waals surface area contributed by atoms with Crippen molar-refractivity contribution in [1.29, 1.82) is 0 Å². The third-order valence-corrected chi connectivity index (χ3v) is 2.32. The van der Waals surface area contributed by atoms with Gasteiger partial charge < -0.3 is 5.73 Å². The maximum Gasteiger partial charge on any atom is 0.285 e. The molecule has 0 aliphatic heterocycles. The monoisotopic (exact) mass is 187 g/mol. The fourth-order valence-electron chi connectivity index (χ4n) is 1.63. The van der Waals surface area contributed by atoms with Crippen molar-refractivity contribution < 1.29 is 9.59 Å². The van der Waals surface area contributed by atoms with Crippen LogP contribution < -0.4 is 5.73 Å². The van der Waals surface area contributed by atoms with E-state index < -0.39 is 17.6 Å². The minimum absolute atomic E-state index is 0.483. The second-order valence-corrected chi connectivity index (χ2v) is 3.19. The van der Waals surface area contributed by atoms with Crippen molar-refractivity contribution >= 4 is 17.8 Å². The summed E-state index contributed by atoms with van der Waals surface area (Å²) in [5, 5.41) is 0. The first-order valence-electron chi connectivity index (χ1n) is 4.31. The van der Waals surface area contributed by atoms with Gasteiger partial charge in [-0.1, -0.05) is 36.4 Å². The van der Waals surface area contributed by atoms with Crippen LogP contribution in [0.2, 0.25) is 0 Å². The minimum atomic E-state index is -0.878. The van der Waals surface area contributed by atoms with Gasteiger partial charge in [0.25, 0.3) is 5.91 Å². The van der Waals surface area contributed by atoms with Crippen LogP contribution in [0.3, 0.4) is 0 Å². The van der Waals surface area contributed by atoms with E-state index in [1.165, 1.54) is 0 Å². The van der Waals surface area contributed by atoms with Crippen molar-refractivity contribution in [2.45, 2.75) is 5.92 Å². The van der Waals surface area contributed by atoms with E-state index in [0.717, 1.165) is 11.1 Å². The number of rotatable bonds is 2. The predicted molar refractivity (Wildman–Crippen MR) is 52.4 cm³/mol. The van der Waals surface area contributed by atoms with Crippen LogP contribution in [0, 0.1) is 0 Å². The zero-order valence-corrected chi connectivity index (χ0v) is 7.44. The van der Waals surface area contributed by atoms with E-state index in [-0.39, 0.29) is 0 Å². The van der Waals surface area contributed by atoms with Gasteiger partial charge in [0.15, 0.2) is 0 Å². The summed E-state index contributed by atoms with van der Waals surface area (Å²) < 4.78 is 0. The van der Waals surface area contributed by atoms with Crippen LogP contribution in [0.1, 0.15) is 17.0 Å². The van der Waals surface area contributed by atoms with Gasteiger partial charge in [-0.15, -0.1) is 0 Å². The van der Waals surface area contributed by atoms with Crippen molar-refractivity contribution in [3.8, 4) is 0 Å². The number of ketones is 1. The third kappa shape index (κ3) is 1.23. The Bertz CT molecular complexity index is 435. The Kier molecular flexibility index (Phi) is 1.93. The molecule has 0 radical (unpaired) electrons. The molecule has 1 aliphatic rings. The molecule has 3 heteroatoms. The lowest BCUT2D eigenvalue weighted by Gasteiger charge is -2.06. The van der Waals surface area contributed by atoms with Crippen molar-refractivity contribution in [2.24, 2.45) is 5.73 Å². The first kappa shape index (κ1) is 8.69. The Labute approximate surface area is 81.2 Å². The molecule has 2 N–H and O–H groups in total. The second kappa shape index (κ2) is 3.10. The number of primary amides is 1. The Morgan fingerprint density at radius 1 is 1.21 bits per heavy atom. The van der Waals surface area contributed by atoms with Crippen molar-refractivity contribution in [1.82, 2.24) is 0 Å². The van der Waals surface area contributed by atoms with Crippen LogP contribution in [0.4, 0.5) is 0 Å². The lowest BCUT2D eigenvalue weighted by Crippen LogP contribution is -2.27. The molecule has 0 saturated carbocycles. The van der Waals surface area contributed by atoms with Gasteiger partial charge in [0, 0.05) is 0 Å². The Balaban J connectivity index is 2.40. The summed E-state index contributed by atoms with van der Waals surface area (Å²) in [5.74, 6) is -1.91. The van der Waals surface area contributed by atoms with Crippen LogP contribution >= 0.6 is 0 Å². The number of carbonyl (C=O) groups is 2. The molecule has 0 heterocycles. The van der Waals surface area contributed by atoms with E-state index >= 15 is 0 Å². The molecule has 0 saturated heterocycles. The van der Waals surface area contributed by atoms with Gasteiger partial charge in [0.2, 0.25) is 5.78 Å². The number of amides is 1. The van der Waals surface area contributed by atoms with Gasteiger partial charge in [-0.25, -0.2) is 0 Å². The first-order valence-corrected chi connectivity index (χ1v) is 4.31. The molecule has 0 fully saturated rings. The van der Waals surface area contributed by atoms with Crippen LogP contribution in [0.25, 0.3) is 6.08 Å². The molecule has 1 amide bonds. The highest BCUT2D eigenvalue weighted by molar-refractivity contribution is 6.38. The van der Waals surface area contributed by atoms with E-state index in [1.54, 1.807) is 6.08 Å². The van der Waals surface area contributed by atoms with E-state index in [9.17, 15) is 9.59 Å². The van der Waals surface area contributed by atoms with Crippen LogP contribution in [-0.2, 0) is 9.59 Å². The summed E-state index contributed by atoms with van der Waals surface area (Å²) >= 11 is 0. The fourth-order valence-corrected chi connectivity index (χ4v) is 1.63. The Morgan fingerprint density at radius 2 is 1.93 bits per heavy atom. The summed E-state index contributed by atoms with van der Waals surface area (Å²) in [5.41, 5.74) is 6.79. The van der Waals surface area contributed by atoms with Gasteiger partial charge >= 0.3 is 0 Å². The number of carbonyl (C=O) groups excluding carboxylic acids is 2. The lowest BCUT2D eigenvalue weighted by molar-refractivity contribution is -0.136. The molecule has 2 rings (SSSR count). The number of fused-ring (bicyclic) bond motifs is 1. The second-order valence-electron chi connectivity index (χ2n) is 3.19. The molecular weight excluding hydrogens is 178 g/mol. The van der Waals surface area contributed by atoms with Gasteiger partial charge in [0.1, 0.15) is 0 Å². The number of Topliss-reactive ketones (excluding diaryl/α,β-unsaturated/α-hetero) is 1. The van der Waals surface area contributed by atoms with Crippen molar-refractivity contribution in [3.05, 3.63) is 41.5 Å². The van der Waals surface area contributed by atoms with Crippen LogP contribution in [0.15, 0.2) is 30.3 Å². The molecule has 70 valence electrons. The molecular formula is C11H9NO2. The standard InChI is InChI=1S/C11H9NO2/c12-11(14)10(13)9-6-5-7-3-1-2-4-8(7)9/h1-6,9H,(H2,12,14). The number of benzene rings is 1. The molecule has 1 aromatic rings. The number of hydrogen-bond acceptors (Lipinski definition) is 2. The van der Waals surface area contributed by atoms with Crippen molar-refractivity contribution in [2.75, 3.05) is 0 Å². The number of hydrogen-bond donors (Lipinski definition) is 1. The highest BCUT2D eigenvalue weighted by Crippen LogP contribution is 2.30. The van der Waals surface area contributed by atoms with Crippen LogP contribution in [0.5, 0.6) is 0 Å². The summed E-state index contributed by atoms with van der Waals surface area (Å²) in [6.45, 7) is 0. The quantitative estimate of drug-likeness (QED) is 0.698. The summed E-state index contributed by atoms with van der Waals surface area (Å²) in [4.78, 5) is 22.1. The zero-order chi connectivity index (χ0) is 10.1. The van der Waals surface area contributed by atoms with Crippen molar-refractivity contribution in [3.63, 3.8) is 0 Å².